The number of ether oxygens (including phenoxy) is 2. The number of fused-ring (bicyclic) bond motifs is 1. The van der Waals surface area contributed by atoms with Crippen LogP contribution in [0, 0.1) is 10.1 Å². The van der Waals surface area contributed by atoms with E-state index in [1.54, 1.807) is 90.1 Å². The molecule has 0 radical (unpaired) electrons. The Bertz CT molecular complexity index is 1840. The first kappa shape index (κ1) is 37.3. The first-order valence-electron chi connectivity index (χ1n) is 16.1. The second-order valence-electron chi connectivity index (χ2n) is 13.8. The number of nitrogens with one attached hydrogen (secondary N) is 2. The van der Waals surface area contributed by atoms with Gasteiger partial charge >= 0.3 is 12.2 Å². The number of imide groups is 1. The average molecular weight is 686 g/mol. The van der Waals surface area contributed by atoms with Gasteiger partial charge in [0.2, 0.25) is 5.91 Å². The standard InChI is InChI=1S/C37H43N5O8/c1-23(22-43)25-11-13-26(14-12-25)31(33(44)39-21-24-9-8-10-29(19-24)42(47)48)40-28-15-16-30-27(20-28)17-18-38-32(30)41(34(45)49-36(2,3)4)35(46)50-37(5,6)7/h8-20,23,31,40,43H,21-22H2,1-7H3,(H,39,44)/t23-,31?/m0/s1. The number of non-ortho nitro benzene ring substituents is 1. The Hall–Kier alpha value is -5.56. The quantitative estimate of drug-likeness (QED) is 0.113. The topological polar surface area (TPSA) is 173 Å². The molecule has 0 aliphatic rings. The number of nitro groups is 1. The molecular formula is C37H43N5O8. The molecule has 13 nitrogen and oxygen atoms in total. The van der Waals surface area contributed by atoms with Crippen molar-refractivity contribution in [3.63, 3.8) is 0 Å². The van der Waals surface area contributed by atoms with Crippen LogP contribution in [0.3, 0.4) is 0 Å². The summed E-state index contributed by atoms with van der Waals surface area (Å²) in [6.07, 6.45) is -0.449. The van der Waals surface area contributed by atoms with Crippen LogP contribution in [0.5, 0.6) is 0 Å². The minimum absolute atomic E-state index is 0.0115. The molecule has 2 atom stereocenters. The molecule has 0 fully saturated rings. The van der Waals surface area contributed by atoms with Gasteiger partial charge in [0.1, 0.15) is 17.2 Å². The van der Waals surface area contributed by atoms with Crippen molar-refractivity contribution >= 4 is 46.1 Å². The zero-order valence-electron chi connectivity index (χ0n) is 29.2. The molecule has 0 saturated heterocycles. The van der Waals surface area contributed by atoms with Gasteiger partial charge in [-0.15, -0.1) is 0 Å². The van der Waals surface area contributed by atoms with E-state index >= 15 is 0 Å². The van der Waals surface area contributed by atoms with Crippen molar-refractivity contribution in [3.8, 4) is 0 Å². The largest absolute Gasteiger partial charge is 0.443 e. The highest BCUT2D eigenvalue weighted by Crippen LogP contribution is 2.31. The highest BCUT2D eigenvalue weighted by atomic mass is 16.6. The van der Waals surface area contributed by atoms with E-state index in [1.165, 1.54) is 18.3 Å². The van der Waals surface area contributed by atoms with Gasteiger partial charge in [-0.25, -0.2) is 14.6 Å². The molecule has 0 aliphatic heterocycles. The number of amides is 3. The lowest BCUT2D eigenvalue weighted by molar-refractivity contribution is -0.384. The van der Waals surface area contributed by atoms with Gasteiger partial charge in [-0.1, -0.05) is 43.3 Å². The number of hydrogen-bond donors (Lipinski definition) is 3. The van der Waals surface area contributed by atoms with Gasteiger partial charge < -0.3 is 25.2 Å². The van der Waals surface area contributed by atoms with Crippen LogP contribution in [0.15, 0.2) is 79.0 Å². The van der Waals surface area contributed by atoms with Crippen LogP contribution in [0.25, 0.3) is 10.8 Å². The third kappa shape index (κ3) is 9.75. The van der Waals surface area contributed by atoms with Crippen molar-refractivity contribution in [1.82, 2.24) is 10.3 Å². The average Bonchev–Trinajstić information content (AvgIpc) is 3.04. The Balaban J connectivity index is 1.69. The molecule has 1 unspecified atom stereocenters. The first-order valence-corrected chi connectivity index (χ1v) is 16.1. The SMILES string of the molecule is C[C@@H](CO)c1ccc(C(Nc2ccc3c(N(C(=O)OC(C)(C)C)C(=O)OC(C)(C)C)nccc3c2)C(=O)NCc2cccc([N+](=O)[O-])c2)cc1. The van der Waals surface area contributed by atoms with E-state index in [2.05, 4.69) is 15.6 Å². The molecule has 4 rings (SSSR count). The number of nitro benzene ring substituents is 1. The molecule has 264 valence electrons. The molecule has 0 aliphatic carbocycles. The second kappa shape index (κ2) is 15.3. The van der Waals surface area contributed by atoms with Crippen LogP contribution in [-0.4, -0.2) is 50.9 Å². The van der Waals surface area contributed by atoms with E-state index in [1.807, 2.05) is 19.1 Å². The maximum Gasteiger partial charge on any atom is 0.425 e. The minimum Gasteiger partial charge on any atom is -0.443 e. The van der Waals surface area contributed by atoms with E-state index in [9.17, 15) is 29.6 Å². The summed E-state index contributed by atoms with van der Waals surface area (Å²) in [4.78, 5) is 56.3. The highest BCUT2D eigenvalue weighted by molar-refractivity contribution is 6.14. The summed E-state index contributed by atoms with van der Waals surface area (Å²) in [6, 6.07) is 19.2. The van der Waals surface area contributed by atoms with Gasteiger partial charge in [0.25, 0.3) is 5.69 Å². The van der Waals surface area contributed by atoms with Gasteiger partial charge in [-0.05, 0) is 87.9 Å². The molecule has 0 bridgehead atoms. The van der Waals surface area contributed by atoms with Crippen molar-refractivity contribution < 1.29 is 33.9 Å². The number of aliphatic hydroxyl groups excluding tert-OH is 1. The highest BCUT2D eigenvalue weighted by Gasteiger charge is 2.34. The van der Waals surface area contributed by atoms with Crippen LogP contribution in [-0.2, 0) is 20.8 Å². The van der Waals surface area contributed by atoms with Crippen molar-refractivity contribution in [3.05, 3.63) is 106 Å². The summed E-state index contributed by atoms with van der Waals surface area (Å²) in [7, 11) is 0. The minimum atomic E-state index is -0.951. The van der Waals surface area contributed by atoms with Gasteiger partial charge in [-0.2, -0.15) is 4.90 Å². The third-order valence-corrected chi connectivity index (χ3v) is 7.38. The number of aromatic nitrogens is 1. The van der Waals surface area contributed by atoms with Gasteiger partial charge in [-0.3, -0.25) is 14.9 Å². The molecule has 13 heteroatoms. The van der Waals surface area contributed by atoms with Crippen molar-refractivity contribution in [2.75, 3.05) is 16.8 Å². The van der Waals surface area contributed by atoms with Gasteiger partial charge in [0, 0.05) is 48.5 Å². The van der Waals surface area contributed by atoms with E-state index in [0.717, 1.165) is 10.5 Å². The van der Waals surface area contributed by atoms with Crippen LogP contribution in [0.2, 0.25) is 0 Å². The summed E-state index contributed by atoms with van der Waals surface area (Å²) in [5.74, 6) is -0.476. The van der Waals surface area contributed by atoms with Crippen LogP contribution in [0.4, 0.5) is 26.8 Å². The van der Waals surface area contributed by atoms with E-state index in [4.69, 9.17) is 9.47 Å². The third-order valence-electron chi connectivity index (χ3n) is 7.38. The van der Waals surface area contributed by atoms with E-state index in [0.29, 0.717) is 27.6 Å². The number of aliphatic hydroxyl groups is 1. The lowest BCUT2D eigenvalue weighted by atomic mass is 9.97. The molecule has 4 aromatic rings. The molecule has 3 aromatic carbocycles. The Morgan fingerprint density at radius 1 is 0.900 bits per heavy atom. The molecule has 1 heterocycles. The molecule has 50 heavy (non-hydrogen) atoms. The van der Waals surface area contributed by atoms with Gasteiger partial charge in [0.05, 0.1) is 4.92 Å². The molecule has 0 saturated carbocycles. The number of carbonyl (C=O) groups is 3. The maximum absolute atomic E-state index is 13.7. The number of rotatable bonds is 10. The predicted molar refractivity (Wildman–Crippen MR) is 190 cm³/mol. The van der Waals surface area contributed by atoms with Crippen LogP contribution < -0.4 is 15.5 Å². The Kier molecular flexibility index (Phi) is 11.4. The van der Waals surface area contributed by atoms with Crippen LogP contribution >= 0.6 is 0 Å². The van der Waals surface area contributed by atoms with Crippen molar-refractivity contribution in [2.45, 2.75) is 78.2 Å². The number of benzene rings is 3. The van der Waals surface area contributed by atoms with Gasteiger partial charge in [0.15, 0.2) is 5.82 Å². The maximum atomic E-state index is 13.7. The molecule has 3 amide bonds. The lowest BCUT2D eigenvalue weighted by Gasteiger charge is -2.28. The molecule has 1 aromatic heterocycles. The Morgan fingerprint density at radius 2 is 1.52 bits per heavy atom. The summed E-state index contributed by atoms with van der Waals surface area (Å²) >= 11 is 0. The van der Waals surface area contributed by atoms with Crippen molar-refractivity contribution in [2.24, 2.45) is 0 Å². The fourth-order valence-electron chi connectivity index (χ4n) is 4.95. The first-order chi connectivity index (χ1) is 23.5. The Morgan fingerprint density at radius 3 is 2.10 bits per heavy atom. The fraction of sp³-hybridized carbons (Fsp3) is 0.351. The van der Waals surface area contributed by atoms with Crippen LogP contribution in [0.1, 0.15) is 77.1 Å². The number of pyridine rings is 1. The summed E-state index contributed by atoms with van der Waals surface area (Å²) < 4.78 is 11.1. The lowest BCUT2D eigenvalue weighted by Crippen LogP contribution is -2.44. The molecular weight excluding hydrogens is 642 g/mol. The zero-order valence-corrected chi connectivity index (χ0v) is 29.2. The van der Waals surface area contributed by atoms with E-state index in [-0.39, 0.29) is 30.6 Å². The van der Waals surface area contributed by atoms with E-state index < -0.39 is 40.3 Å². The normalized spacial score (nSPS) is 12.8. The number of anilines is 2. The monoisotopic (exact) mass is 685 g/mol. The summed E-state index contributed by atoms with van der Waals surface area (Å²) in [5.41, 5.74) is 0.741. The summed E-state index contributed by atoms with van der Waals surface area (Å²) in [6.45, 7) is 12.0. The zero-order chi connectivity index (χ0) is 36.8. The fourth-order valence-corrected chi connectivity index (χ4v) is 4.95. The Labute approximate surface area is 290 Å². The second-order valence-corrected chi connectivity index (χ2v) is 13.8. The molecule has 0 spiro atoms. The molecule has 3 N–H and O–H groups in total. The number of nitrogens with zero attached hydrogens (tertiary/aromatic N) is 3. The summed E-state index contributed by atoms with van der Waals surface area (Å²) in [5, 5.41) is 28.1. The van der Waals surface area contributed by atoms with Crippen molar-refractivity contribution in [1.29, 1.82) is 0 Å². The smallest absolute Gasteiger partial charge is 0.425 e. The predicted octanol–water partition coefficient (Wildman–Crippen LogP) is 7.39. The number of carbonyl (C=O) groups excluding carboxylic acids is 3. The number of hydrogen-bond acceptors (Lipinski definition) is 10.